The van der Waals surface area contributed by atoms with E-state index in [1.807, 2.05) is 54.0 Å². The number of carbonyl (C=O) groups excluding carboxylic acids is 2. The molecule has 0 radical (unpaired) electrons. The smallest absolute Gasteiger partial charge is 0.488 e. The van der Waals surface area contributed by atoms with Crippen molar-refractivity contribution in [3.05, 3.63) is 100 Å². The third-order valence-corrected chi connectivity index (χ3v) is 7.81. The van der Waals surface area contributed by atoms with E-state index in [-0.39, 0.29) is 18.1 Å². The van der Waals surface area contributed by atoms with Crippen LogP contribution in [0.3, 0.4) is 0 Å². The van der Waals surface area contributed by atoms with Gasteiger partial charge >= 0.3 is 7.12 Å². The van der Waals surface area contributed by atoms with Gasteiger partial charge in [0.25, 0.3) is 0 Å². The van der Waals surface area contributed by atoms with Gasteiger partial charge in [-0.2, -0.15) is 0 Å². The van der Waals surface area contributed by atoms with Crippen LogP contribution in [0.25, 0.3) is 5.69 Å². The highest BCUT2D eigenvalue weighted by atomic mass is 35.5. The van der Waals surface area contributed by atoms with Crippen LogP contribution in [0.15, 0.2) is 71.7 Å². The zero-order valence-corrected chi connectivity index (χ0v) is 25.3. The van der Waals surface area contributed by atoms with Crippen molar-refractivity contribution in [3.63, 3.8) is 0 Å². The highest BCUT2D eigenvalue weighted by molar-refractivity contribution is 6.58. The van der Waals surface area contributed by atoms with Crippen molar-refractivity contribution in [2.75, 3.05) is 13.7 Å². The molecule has 0 fully saturated rings. The van der Waals surface area contributed by atoms with Crippen LogP contribution in [0.5, 0.6) is 5.75 Å². The van der Waals surface area contributed by atoms with E-state index in [4.69, 9.17) is 21.3 Å². The molecule has 44 heavy (non-hydrogen) atoms. The van der Waals surface area contributed by atoms with Gasteiger partial charge in [-0.1, -0.05) is 54.4 Å². The summed E-state index contributed by atoms with van der Waals surface area (Å²) in [7, 11) is 0.0551. The Bertz CT molecular complexity index is 1670. The molecule has 1 atom stereocenters. The van der Waals surface area contributed by atoms with Gasteiger partial charge in [-0.05, 0) is 55.6 Å². The highest BCUT2D eigenvalue weighted by Crippen LogP contribution is 2.34. The molecular weight excluding hydrogens is 581 g/mol. The first kappa shape index (κ1) is 31.1. The van der Waals surface area contributed by atoms with E-state index in [0.29, 0.717) is 58.5 Å². The number of hydrogen-bond donors (Lipinski definition) is 3. The second-order valence-corrected chi connectivity index (χ2v) is 11.0. The standard InChI is InChI=1S/C32H33BClN5O5/c1-20-37-38-32-27(19-30(41)35-17-5-3-4-6-29(40)21-7-11-23(12-8-21)33(42)43)36-31(22-9-13-24(34)14-10-22)26-18-25(44-2)15-16-28(26)39(20)32/h7-16,18,27,42-43H,3-6,17,19H2,1-2H3,(H,35,41)/t27-/m0/s1. The third-order valence-electron chi connectivity index (χ3n) is 7.56. The fraction of sp³-hybridized carbons (Fsp3) is 0.281. The molecule has 10 nitrogen and oxygen atoms in total. The van der Waals surface area contributed by atoms with Crippen molar-refractivity contribution in [2.24, 2.45) is 4.99 Å². The Hall–Kier alpha value is -4.32. The SMILES string of the molecule is COc1ccc2c(c1)C(c1ccc(Cl)cc1)=N[C@@H](CC(=O)NCCCCCC(=O)c1ccc(B(O)O)cc1)c1nnc(C)n1-2. The molecule has 0 saturated carbocycles. The predicted octanol–water partition coefficient (Wildman–Crippen LogP) is 3.76. The molecule has 0 unspecified atom stereocenters. The van der Waals surface area contributed by atoms with Crippen LogP contribution in [-0.4, -0.2) is 63.0 Å². The zero-order chi connectivity index (χ0) is 31.2. The molecule has 3 N–H and O–H groups in total. The Morgan fingerprint density at radius 1 is 1.00 bits per heavy atom. The number of carbonyl (C=O) groups is 2. The zero-order valence-electron chi connectivity index (χ0n) is 24.5. The molecule has 12 heteroatoms. The van der Waals surface area contributed by atoms with Crippen molar-refractivity contribution in [1.82, 2.24) is 20.1 Å². The van der Waals surface area contributed by atoms with Crippen LogP contribution >= 0.6 is 11.6 Å². The normalized spacial score (nSPS) is 13.8. The number of ketones is 1. The first-order valence-corrected chi connectivity index (χ1v) is 14.8. The maximum absolute atomic E-state index is 13.1. The number of fused-ring (bicyclic) bond motifs is 3. The highest BCUT2D eigenvalue weighted by Gasteiger charge is 2.30. The number of halogens is 1. The van der Waals surface area contributed by atoms with Gasteiger partial charge < -0.3 is 20.1 Å². The van der Waals surface area contributed by atoms with Crippen molar-refractivity contribution < 1.29 is 24.4 Å². The monoisotopic (exact) mass is 613 g/mol. The molecule has 5 rings (SSSR count). The summed E-state index contributed by atoms with van der Waals surface area (Å²) < 4.78 is 7.46. The van der Waals surface area contributed by atoms with Gasteiger partial charge in [0, 0.05) is 34.7 Å². The summed E-state index contributed by atoms with van der Waals surface area (Å²) in [5, 5.41) is 30.7. The maximum atomic E-state index is 13.1. The number of unbranched alkanes of at least 4 members (excludes halogenated alkanes) is 2. The van der Waals surface area contributed by atoms with Gasteiger partial charge in [0.05, 0.1) is 24.9 Å². The van der Waals surface area contributed by atoms with Gasteiger partial charge in [-0.25, -0.2) is 0 Å². The first-order chi connectivity index (χ1) is 21.2. The maximum Gasteiger partial charge on any atom is 0.488 e. The summed E-state index contributed by atoms with van der Waals surface area (Å²) >= 11 is 6.18. The second-order valence-electron chi connectivity index (χ2n) is 10.6. The van der Waals surface area contributed by atoms with Crippen LogP contribution in [0.2, 0.25) is 5.02 Å². The number of aromatic nitrogens is 3. The minimum Gasteiger partial charge on any atom is -0.497 e. The average molecular weight is 614 g/mol. The number of ether oxygens (including phenoxy) is 1. The number of nitrogens with one attached hydrogen (secondary N) is 1. The van der Waals surface area contributed by atoms with Crippen LogP contribution < -0.4 is 15.5 Å². The summed E-state index contributed by atoms with van der Waals surface area (Å²) in [6.45, 7) is 2.34. The van der Waals surface area contributed by atoms with Crippen molar-refractivity contribution in [3.8, 4) is 11.4 Å². The van der Waals surface area contributed by atoms with Crippen molar-refractivity contribution in [1.29, 1.82) is 0 Å². The topological polar surface area (TPSA) is 139 Å². The predicted molar refractivity (Wildman–Crippen MR) is 169 cm³/mol. The lowest BCUT2D eigenvalue weighted by Crippen LogP contribution is -2.29. The summed E-state index contributed by atoms with van der Waals surface area (Å²) in [5.41, 5.74) is 4.10. The third kappa shape index (κ3) is 7.07. The van der Waals surface area contributed by atoms with E-state index in [1.54, 1.807) is 19.2 Å². The van der Waals surface area contributed by atoms with E-state index < -0.39 is 13.2 Å². The number of aryl methyl sites for hydroxylation is 1. The number of benzene rings is 3. The molecule has 1 aromatic heterocycles. The quantitative estimate of drug-likeness (QED) is 0.126. The number of nitrogens with zero attached hydrogens (tertiary/aromatic N) is 4. The second kappa shape index (κ2) is 14.0. The Labute approximate surface area is 260 Å². The fourth-order valence-corrected chi connectivity index (χ4v) is 5.35. The lowest BCUT2D eigenvalue weighted by atomic mass is 9.80. The van der Waals surface area contributed by atoms with E-state index >= 15 is 0 Å². The Kier molecular flexibility index (Phi) is 9.89. The van der Waals surface area contributed by atoms with Crippen LogP contribution in [0, 0.1) is 6.92 Å². The van der Waals surface area contributed by atoms with Crippen molar-refractivity contribution in [2.45, 2.75) is 45.1 Å². The van der Waals surface area contributed by atoms with Gasteiger partial charge in [0.15, 0.2) is 11.6 Å². The molecule has 4 aromatic rings. The number of rotatable bonds is 12. The van der Waals surface area contributed by atoms with Gasteiger partial charge in [0.2, 0.25) is 5.91 Å². The van der Waals surface area contributed by atoms with Gasteiger partial charge in [-0.3, -0.25) is 19.1 Å². The molecule has 1 amide bonds. The fourth-order valence-electron chi connectivity index (χ4n) is 5.23. The Balaban J connectivity index is 1.24. The number of aliphatic imine (C=N–C) groups is 1. The molecule has 0 saturated heterocycles. The molecule has 2 heterocycles. The van der Waals surface area contributed by atoms with Crippen LogP contribution in [-0.2, 0) is 4.79 Å². The minimum absolute atomic E-state index is 0.00578. The summed E-state index contributed by atoms with van der Waals surface area (Å²) in [6, 6.07) is 18.8. The molecule has 0 spiro atoms. The summed E-state index contributed by atoms with van der Waals surface area (Å²) in [4.78, 5) is 30.7. The number of Topliss-reactive ketones (excluding diaryl/α,β-unsaturated/α-hetero) is 1. The number of amides is 1. The largest absolute Gasteiger partial charge is 0.497 e. The first-order valence-electron chi connectivity index (χ1n) is 14.5. The molecular formula is C32H33BClN5O5. The Morgan fingerprint density at radius 2 is 1.75 bits per heavy atom. The molecule has 0 bridgehead atoms. The van der Waals surface area contributed by atoms with Gasteiger partial charge in [0.1, 0.15) is 17.6 Å². The molecule has 226 valence electrons. The lowest BCUT2D eigenvalue weighted by molar-refractivity contribution is -0.121. The van der Waals surface area contributed by atoms with E-state index in [1.165, 1.54) is 12.1 Å². The molecule has 1 aliphatic heterocycles. The van der Waals surface area contributed by atoms with E-state index in [9.17, 15) is 19.6 Å². The molecule has 0 aliphatic carbocycles. The molecule has 1 aliphatic rings. The summed E-state index contributed by atoms with van der Waals surface area (Å²) in [6.07, 6.45) is 2.63. The summed E-state index contributed by atoms with van der Waals surface area (Å²) in [5.74, 6) is 1.77. The number of methoxy groups -OCH3 is 1. The van der Waals surface area contributed by atoms with Crippen LogP contribution in [0.4, 0.5) is 0 Å². The lowest BCUT2D eigenvalue weighted by Gasteiger charge is -2.14. The average Bonchev–Trinajstić information content (AvgIpc) is 3.35. The number of hydrogen-bond acceptors (Lipinski definition) is 8. The van der Waals surface area contributed by atoms with Crippen LogP contribution in [0.1, 0.15) is 71.3 Å². The van der Waals surface area contributed by atoms with Crippen molar-refractivity contribution >= 4 is 41.6 Å². The van der Waals surface area contributed by atoms with E-state index in [2.05, 4.69) is 15.5 Å². The van der Waals surface area contributed by atoms with Gasteiger partial charge in [-0.15, -0.1) is 10.2 Å². The Morgan fingerprint density at radius 3 is 2.45 bits per heavy atom. The minimum atomic E-state index is -1.56. The van der Waals surface area contributed by atoms with E-state index in [0.717, 1.165) is 29.7 Å². The molecule has 3 aromatic carbocycles.